The summed E-state index contributed by atoms with van der Waals surface area (Å²) in [4.78, 5) is 28.7. The molecule has 0 radical (unpaired) electrons. The highest BCUT2D eigenvalue weighted by Gasteiger charge is 2.42. The average Bonchev–Trinajstić information content (AvgIpc) is 3.19. The Hall–Kier alpha value is -3.81. The summed E-state index contributed by atoms with van der Waals surface area (Å²) in [6.07, 6.45) is 0. The van der Waals surface area contributed by atoms with Crippen molar-refractivity contribution in [1.82, 2.24) is 4.90 Å². The zero-order chi connectivity index (χ0) is 25.9. The molecule has 1 atom stereocenters. The first-order chi connectivity index (χ1) is 18.0. The quantitative estimate of drug-likeness (QED) is 0.286. The lowest BCUT2D eigenvalue weighted by molar-refractivity contribution is 0.0663. The van der Waals surface area contributed by atoms with Gasteiger partial charge in [-0.25, -0.2) is 0 Å². The molecule has 1 amide bonds. The lowest BCUT2D eigenvalue weighted by Gasteiger charge is -2.25. The van der Waals surface area contributed by atoms with E-state index in [1.54, 1.807) is 36.3 Å². The smallest absolute Gasteiger partial charge is 0.290 e. The van der Waals surface area contributed by atoms with Crippen molar-refractivity contribution in [2.24, 2.45) is 0 Å². The highest BCUT2D eigenvalue weighted by atomic mass is 35.5. The predicted molar refractivity (Wildman–Crippen MR) is 141 cm³/mol. The molecule has 1 aromatic heterocycles. The lowest BCUT2D eigenvalue weighted by Crippen LogP contribution is -2.32. The fourth-order valence-electron chi connectivity index (χ4n) is 4.58. The molecule has 190 valence electrons. The van der Waals surface area contributed by atoms with Gasteiger partial charge in [-0.2, -0.15) is 0 Å². The third kappa shape index (κ3) is 4.80. The van der Waals surface area contributed by atoms with Gasteiger partial charge >= 0.3 is 0 Å². The van der Waals surface area contributed by atoms with Crippen LogP contribution in [0.5, 0.6) is 11.5 Å². The van der Waals surface area contributed by atoms with Crippen LogP contribution in [-0.2, 0) is 11.3 Å². The fourth-order valence-corrected chi connectivity index (χ4v) is 4.75. The summed E-state index contributed by atoms with van der Waals surface area (Å²) in [5.41, 5.74) is 2.02. The van der Waals surface area contributed by atoms with Gasteiger partial charge < -0.3 is 23.5 Å². The zero-order valence-electron chi connectivity index (χ0n) is 20.5. The van der Waals surface area contributed by atoms with Gasteiger partial charge in [-0.15, -0.1) is 0 Å². The van der Waals surface area contributed by atoms with Gasteiger partial charge in [0.1, 0.15) is 12.2 Å². The van der Waals surface area contributed by atoms with E-state index < -0.39 is 6.04 Å². The van der Waals surface area contributed by atoms with Crippen LogP contribution in [0.4, 0.5) is 0 Å². The molecule has 1 aliphatic rings. The van der Waals surface area contributed by atoms with Crippen LogP contribution < -0.4 is 14.9 Å². The van der Waals surface area contributed by atoms with Gasteiger partial charge in [-0.3, -0.25) is 9.59 Å². The second kappa shape index (κ2) is 10.7. The number of amides is 1. The summed E-state index contributed by atoms with van der Waals surface area (Å²) in [5, 5.41) is 0.737. The third-order valence-electron chi connectivity index (χ3n) is 6.28. The Balaban J connectivity index is 1.59. The van der Waals surface area contributed by atoms with Crippen molar-refractivity contribution in [3.63, 3.8) is 0 Å². The summed E-state index contributed by atoms with van der Waals surface area (Å²) in [6, 6.07) is 19.4. The number of ether oxygens (including phenoxy) is 3. The molecule has 0 N–H and O–H groups in total. The van der Waals surface area contributed by atoms with Crippen molar-refractivity contribution in [2.75, 3.05) is 26.9 Å². The van der Waals surface area contributed by atoms with E-state index in [1.807, 2.05) is 49.4 Å². The van der Waals surface area contributed by atoms with Crippen LogP contribution in [0.15, 0.2) is 75.9 Å². The molecular formula is C29H26ClNO6. The van der Waals surface area contributed by atoms with Gasteiger partial charge in [0.2, 0.25) is 5.76 Å². The minimum atomic E-state index is -0.681. The monoisotopic (exact) mass is 519 g/mol. The molecule has 2 heterocycles. The maximum Gasteiger partial charge on any atom is 0.290 e. The molecule has 3 aromatic carbocycles. The molecule has 37 heavy (non-hydrogen) atoms. The second-order valence-corrected chi connectivity index (χ2v) is 9.06. The van der Waals surface area contributed by atoms with Crippen molar-refractivity contribution in [1.29, 1.82) is 0 Å². The van der Waals surface area contributed by atoms with Crippen LogP contribution in [0.25, 0.3) is 11.0 Å². The second-order valence-electron chi connectivity index (χ2n) is 8.62. The number of hydrogen-bond donors (Lipinski definition) is 0. The van der Waals surface area contributed by atoms with E-state index in [0.717, 1.165) is 5.56 Å². The molecule has 0 saturated carbocycles. The van der Waals surface area contributed by atoms with E-state index in [0.29, 0.717) is 52.9 Å². The fraction of sp³-hybridized carbons (Fsp3) is 0.241. The van der Waals surface area contributed by atoms with Gasteiger partial charge in [-0.1, -0.05) is 48.0 Å². The number of fused-ring (bicyclic) bond motifs is 2. The number of carbonyl (C=O) groups is 1. The number of hydrogen-bond acceptors (Lipinski definition) is 6. The van der Waals surface area contributed by atoms with Crippen molar-refractivity contribution in [3.05, 3.63) is 104 Å². The predicted octanol–water partition coefficient (Wildman–Crippen LogP) is 5.62. The third-order valence-corrected chi connectivity index (χ3v) is 6.52. The van der Waals surface area contributed by atoms with Gasteiger partial charge in [0.15, 0.2) is 16.9 Å². The largest absolute Gasteiger partial charge is 0.490 e. The number of rotatable bonds is 9. The van der Waals surface area contributed by atoms with E-state index in [4.69, 9.17) is 30.2 Å². The van der Waals surface area contributed by atoms with Gasteiger partial charge in [0.05, 0.1) is 30.2 Å². The minimum Gasteiger partial charge on any atom is -0.490 e. The minimum absolute atomic E-state index is 0.0308. The number of benzene rings is 3. The Morgan fingerprint density at radius 3 is 2.54 bits per heavy atom. The zero-order valence-corrected chi connectivity index (χ0v) is 21.3. The number of carbonyl (C=O) groups excluding carboxylic acids is 1. The Morgan fingerprint density at radius 1 is 0.973 bits per heavy atom. The molecule has 0 fully saturated rings. The van der Waals surface area contributed by atoms with Crippen molar-refractivity contribution in [2.45, 2.75) is 19.6 Å². The van der Waals surface area contributed by atoms with E-state index in [1.165, 1.54) is 0 Å². The first-order valence-corrected chi connectivity index (χ1v) is 12.4. The lowest BCUT2D eigenvalue weighted by atomic mass is 9.98. The van der Waals surface area contributed by atoms with E-state index in [9.17, 15) is 9.59 Å². The molecule has 1 unspecified atom stereocenters. The van der Waals surface area contributed by atoms with Crippen LogP contribution in [0, 0.1) is 0 Å². The van der Waals surface area contributed by atoms with Crippen LogP contribution in [0.1, 0.15) is 40.2 Å². The molecule has 0 aliphatic carbocycles. The molecule has 4 aromatic rings. The standard InChI is InChI=1S/C29H26ClNO6/c1-3-35-24-15-19(9-11-23(24)36-17-18-7-5-4-6-8-18)26-25-27(32)21-16-20(30)10-12-22(21)37-28(25)29(33)31(26)13-14-34-2/h4-12,15-16,26H,3,13-14,17H2,1-2H3. The highest BCUT2D eigenvalue weighted by molar-refractivity contribution is 6.31. The molecule has 7 nitrogen and oxygen atoms in total. The van der Waals surface area contributed by atoms with Crippen molar-refractivity contribution >= 4 is 28.5 Å². The molecule has 0 bridgehead atoms. The normalized spacial score (nSPS) is 14.7. The van der Waals surface area contributed by atoms with E-state index in [2.05, 4.69) is 0 Å². The molecular weight excluding hydrogens is 494 g/mol. The van der Waals surface area contributed by atoms with Crippen LogP contribution in [0.2, 0.25) is 5.02 Å². The summed E-state index contributed by atoms with van der Waals surface area (Å²) in [6.45, 7) is 3.26. The average molecular weight is 520 g/mol. The van der Waals surface area contributed by atoms with Gasteiger partial charge in [-0.05, 0) is 48.4 Å². The van der Waals surface area contributed by atoms with Crippen LogP contribution in [0.3, 0.4) is 0 Å². The molecule has 0 spiro atoms. The topological polar surface area (TPSA) is 78.2 Å². The summed E-state index contributed by atoms with van der Waals surface area (Å²) in [5.74, 6) is 0.758. The Morgan fingerprint density at radius 2 is 1.78 bits per heavy atom. The van der Waals surface area contributed by atoms with E-state index >= 15 is 0 Å². The summed E-state index contributed by atoms with van der Waals surface area (Å²) < 4.78 is 23.2. The van der Waals surface area contributed by atoms with Gasteiger partial charge in [0, 0.05) is 18.7 Å². The maximum atomic E-state index is 13.7. The highest BCUT2D eigenvalue weighted by Crippen LogP contribution is 2.41. The molecule has 5 rings (SSSR count). The Kier molecular flexibility index (Phi) is 7.17. The number of halogens is 1. The van der Waals surface area contributed by atoms with Crippen LogP contribution >= 0.6 is 11.6 Å². The summed E-state index contributed by atoms with van der Waals surface area (Å²) in [7, 11) is 1.56. The summed E-state index contributed by atoms with van der Waals surface area (Å²) >= 11 is 6.16. The first-order valence-electron chi connectivity index (χ1n) is 12.0. The molecule has 1 aliphatic heterocycles. The van der Waals surface area contributed by atoms with Gasteiger partial charge in [0.25, 0.3) is 5.91 Å². The van der Waals surface area contributed by atoms with Crippen LogP contribution in [-0.4, -0.2) is 37.7 Å². The van der Waals surface area contributed by atoms with E-state index in [-0.39, 0.29) is 29.2 Å². The van der Waals surface area contributed by atoms with Crippen molar-refractivity contribution < 1.29 is 23.4 Å². The first kappa shape index (κ1) is 24.9. The SMILES string of the molecule is CCOc1cc(C2c3c(oc4ccc(Cl)cc4c3=O)C(=O)N2CCOC)ccc1OCc1ccccc1. The molecule has 0 saturated heterocycles. The maximum absolute atomic E-state index is 13.7. The number of methoxy groups -OCH3 is 1. The Bertz CT molecular complexity index is 1500. The number of nitrogens with zero attached hydrogens (tertiary/aromatic N) is 1. The Labute approximate surface area is 219 Å². The molecule has 8 heteroatoms. The van der Waals surface area contributed by atoms with Crippen molar-refractivity contribution in [3.8, 4) is 11.5 Å².